The Kier molecular flexibility index (Phi) is 5.59. The number of nitrogens with one attached hydrogen (secondary N) is 1. The van der Waals surface area contributed by atoms with E-state index in [0.717, 1.165) is 11.5 Å². The number of aromatic nitrogens is 2. The van der Waals surface area contributed by atoms with Gasteiger partial charge in [0.05, 0.1) is 0 Å². The minimum absolute atomic E-state index is 0.148. The lowest BCUT2D eigenvalue weighted by Gasteiger charge is -2.34. The summed E-state index contributed by atoms with van der Waals surface area (Å²) in [4.78, 5) is 28.2. The van der Waals surface area contributed by atoms with Gasteiger partial charge in [0, 0.05) is 54.1 Å². The number of rotatable bonds is 4. The summed E-state index contributed by atoms with van der Waals surface area (Å²) in [5, 5.41) is 5.38. The molecule has 0 saturated carbocycles. The molecular weight excluding hydrogens is 378 g/mol. The second-order valence-corrected chi connectivity index (χ2v) is 7.02. The number of anilines is 1. The molecular formula is C15H16N5O4S2-. The number of piperazine rings is 1. The number of aryl methyl sites for hydroxylation is 1. The maximum atomic E-state index is 12.7. The van der Waals surface area contributed by atoms with Crippen LogP contribution in [0, 0.1) is 6.92 Å². The number of benzene rings is 1. The lowest BCUT2D eigenvalue weighted by Crippen LogP contribution is -2.50. The highest BCUT2D eigenvalue weighted by atomic mass is 32.2. The SMILES string of the molecule is Cc1cc(C(=O)N2CCN(C(=O)c3csnn3)CC2)ccc1NS(=O)[O-]. The van der Waals surface area contributed by atoms with Crippen LogP contribution in [0.2, 0.25) is 0 Å². The van der Waals surface area contributed by atoms with Crippen LogP contribution in [0.25, 0.3) is 0 Å². The first kappa shape index (κ1) is 18.4. The van der Waals surface area contributed by atoms with Crippen molar-refractivity contribution in [1.82, 2.24) is 19.4 Å². The van der Waals surface area contributed by atoms with Crippen LogP contribution in [0.4, 0.5) is 5.69 Å². The number of amides is 2. The van der Waals surface area contributed by atoms with Crippen molar-refractivity contribution in [3.8, 4) is 0 Å². The van der Waals surface area contributed by atoms with Crippen LogP contribution in [0.1, 0.15) is 26.4 Å². The van der Waals surface area contributed by atoms with Crippen LogP contribution in [-0.2, 0) is 11.3 Å². The summed E-state index contributed by atoms with van der Waals surface area (Å²) in [6.45, 7) is 3.42. The summed E-state index contributed by atoms with van der Waals surface area (Å²) in [5.41, 5.74) is 1.89. The van der Waals surface area contributed by atoms with Gasteiger partial charge in [0.1, 0.15) is 0 Å². The highest BCUT2D eigenvalue weighted by Gasteiger charge is 2.26. The summed E-state index contributed by atoms with van der Waals surface area (Å²) >= 11 is -1.29. The first-order chi connectivity index (χ1) is 12.5. The fraction of sp³-hybridized carbons (Fsp3) is 0.333. The Morgan fingerprint density at radius 2 is 1.85 bits per heavy atom. The molecule has 1 fully saturated rings. The Morgan fingerprint density at radius 3 is 2.38 bits per heavy atom. The lowest BCUT2D eigenvalue weighted by atomic mass is 10.1. The summed E-state index contributed by atoms with van der Waals surface area (Å²) in [6.07, 6.45) is 0. The van der Waals surface area contributed by atoms with Gasteiger partial charge in [0.25, 0.3) is 11.8 Å². The van der Waals surface area contributed by atoms with E-state index in [1.807, 2.05) is 0 Å². The molecule has 1 atom stereocenters. The number of carbonyl (C=O) groups is 2. The Labute approximate surface area is 156 Å². The van der Waals surface area contributed by atoms with Crippen molar-refractivity contribution in [3.05, 3.63) is 40.4 Å². The second-order valence-electron chi connectivity index (χ2n) is 5.74. The quantitative estimate of drug-likeness (QED) is 0.761. The van der Waals surface area contributed by atoms with Gasteiger partial charge in [0.15, 0.2) is 5.69 Å². The molecule has 1 aromatic heterocycles. The fourth-order valence-corrected chi connectivity index (χ4v) is 3.55. The molecule has 0 radical (unpaired) electrons. The van der Waals surface area contributed by atoms with Crippen molar-refractivity contribution < 1.29 is 18.4 Å². The number of carbonyl (C=O) groups excluding carboxylic acids is 2. The predicted octanol–water partition coefficient (Wildman–Crippen LogP) is 0.651. The Hall–Kier alpha value is -2.37. The molecule has 1 saturated heterocycles. The molecule has 9 nitrogen and oxygen atoms in total. The van der Waals surface area contributed by atoms with Gasteiger partial charge in [-0.15, -0.1) is 5.10 Å². The van der Waals surface area contributed by atoms with E-state index in [-0.39, 0.29) is 11.8 Å². The summed E-state index contributed by atoms with van der Waals surface area (Å²) in [5.74, 6) is -0.326. The maximum Gasteiger partial charge on any atom is 0.275 e. The van der Waals surface area contributed by atoms with E-state index in [1.54, 1.807) is 40.3 Å². The van der Waals surface area contributed by atoms with E-state index in [4.69, 9.17) is 0 Å². The molecule has 2 heterocycles. The van der Waals surface area contributed by atoms with E-state index in [2.05, 4.69) is 14.3 Å². The smallest absolute Gasteiger partial charge is 0.275 e. The van der Waals surface area contributed by atoms with E-state index in [1.165, 1.54) is 0 Å². The minimum Gasteiger partial charge on any atom is -0.755 e. The highest BCUT2D eigenvalue weighted by molar-refractivity contribution is 7.80. The number of hydrogen-bond acceptors (Lipinski definition) is 7. The molecule has 26 heavy (non-hydrogen) atoms. The van der Waals surface area contributed by atoms with Crippen molar-refractivity contribution in [3.63, 3.8) is 0 Å². The van der Waals surface area contributed by atoms with Gasteiger partial charge >= 0.3 is 0 Å². The zero-order valence-corrected chi connectivity index (χ0v) is 15.5. The topological polar surface area (TPSA) is 119 Å². The summed E-state index contributed by atoms with van der Waals surface area (Å²) in [6, 6.07) is 4.80. The summed E-state index contributed by atoms with van der Waals surface area (Å²) < 4.78 is 27.4. The standard InChI is InChI=1S/C15H17N5O4S2/c1-10-8-11(2-3-12(10)17-26(23)24)14(21)19-4-6-20(7-5-19)15(22)13-9-25-18-16-13/h2-3,8-9,17H,4-7H2,1H3,(H,23,24)/p-1. The molecule has 1 unspecified atom stereocenters. The van der Waals surface area contributed by atoms with Gasteiger partial charge in [-0.2, -0.15) is 0 Å². The monoisotopic (exact) mass is 394 g/mol. The largest absolute Gasteiger partial charge is 0.755 e. The van der Waals surface area contributed by atoms with Gasteiger partial charge in [0.2, 0.25) is 0 Å². The van der Waals surface area contributed by atoms with E-state index in [9.17, 15) is 18.4 Å². The molecule has 11 heteroatoms. The zero-order chi connectivity index (χ0) is 18.7. The molecule has 1 aliphatic rings. The molecule has 0 aliphatic carbocycles. The van der Waals surface area contributed by atoms with Crippen molar-refractivity contribution >= 4 is 40.3 Å². The predicted molar refractivity (Wildman–Crippen MR) is 95.4 cm³/mol. The van der Waals surface area contributed by atoms with E-state index >= 15 is 0 Å². The van der Waals surface area contributed by atoms with Crippen LogP contribution >= 0.6 is 11.5 Å². The molecule has 1 aliphatic heterocycles. The molecule has 3 rings (SSSR count). The molecule has 1 N–H and O–H groups in total. The van der Waals surface area contributed by atoms with Crippen molar-refractivity contribution in [2.75, 3.05) is 30.9 Å². The van der Waals surface area contributed by atoms with Crippen molar-refractivity contribution in [2.45, 2.75) is 6.92 Å². The van der Waals surface area contributed by atoms with Crippen LogP contribution in [0.15, 0.2) is 23.6 Å². The third kappa shape index (κ3) is 4.06. The first-order valence-corrected chi connectivity index (χ1v) is 9.69. The molecule has 0 bridgehead atoms. The van der Waals surface area contributed by atoms with Crippen LogP contribution in [-0.4, -0.2) is 66.1 Å². The van der Waals surface area contributed by atoms with Crippen LogP contribution < -0.4 is 4.72 Å². The Bertz CT molecular complexity index is 835. The van der Waals surface area contributed by atoms with E-state index < -0.39 is 11.3 Å². The zero-order valence-electron chi connectivity index (χ0n) is 13.9. The van der Waals surface area contributed by atoms with Crippen molar-refractivity contribution in [2.24, 2.45) is 0 Å². The molecule has 0 spiro atoms. The average molecular weight is 394 g/mol. The average Bonchev–Trinajstić information content (AvgIpc) is 3.16. The summed E-state index contributed by atoms with van der Waals surface area (Å²) in [7, 11) is 0. The third-order valence-corrected chi connectivity index (χ3v) is 4.99. The number of nitrogens with zero attached hydrogens (tertiary/aromatic N) is 4. The Morgan fingerprint density at radius 1 is 1.19 bits per heavy atom. The van der Waals surface area contributed by atoms with Gasteiger partial charge in [-0.05, 0) is 42.2 Å². The number of hydrogen-bond donors (Lipinski definition) is 1. The van der Waals surface area contributed by atoms with Crippen molar-refractivity contribution in [1.29, 1.82) is 0 Å². The van der Waals surface area contributed by atoms with Crippen LogP contribution in [0.3, 0.4) is 0 Å². The highest BCUT2D eigenvalue weighted by Crippen LogP contribution is 2.19. The van der Waals surface area contributed by atoms with Crippen LogP contribution in [0.5, 0.6) is 0 Å². The molecule has 1 aromatic carbocycles. The molecule has 138 valence electrons. The van der Waals surface area contributed by atoms with Gasteiger partial charge in [-0.3, -0.25) is 13.8 Å². The van der Waals surface area contributed by atoms with Gasteiger partial charge in [-0.25, -0.2) is 0 Å². The Balaban J connectivity index is 1.62. The fourth-order valence-electron chi connectivity index (χ4n) is 2.72. The van der Waals surface area contributed by atoms with Gasteiger partial charge < -0.3 is 19.1 Å². The maximum absolute atomic E-state index is 12.7. The third-order valence-electron chi connectivity index (χ3n) is 4.10. The first-order valence-electron chi connectivity index (χ1n) is 7.78. The van der Waals surface area contributed by atoms with E-state index in [0.29, 0.717) is 48.7 Å². The normalized spacial score (nSPS) is 15.6. The second kappa shape index (κ2) is 7.89. The lowest BCUT2D eigenvalue weighted by molar-refractivity contribution is 0.0532. The molecule has 2 aromatic rings. The molecule has 2 amide bonds. The van der Waals surface area contributed by atoms with Gasteiger partial charge in [-0.1, -0.05) is 4.49 Å². The minimum atomic E-state index is -2.41.